The Morgan fingerprint density at radius 2 is 2.05 bits per heavy atom. The summed E-state index contributed by atoms with van der Waals surface area (Å²) in [5, 5.41) is 3.25. The maximum absolute atomic E-state index is 12.1. The fourth-order valence-corrected chi connectivity index (χ4v) is 1.49. The molecular formula is C14H18F3NO. The minimum atomic E-state index is -4.65. The summed E-state index contributed by atoms with van der Waals surface area (Å²) in [5.41, 5.74) is 0.686. The highest BCUT2D eigenvalue weighted by Crippen LogP contribution is 2.23. The van der Waals surface area contributed by atoms with E-state index in [9.17, 15) is 13.2 Å². The van der Waals surface area contributed by atoms with Crippen LogP contribution in [0, 0.1) is 0 Å². The maximum Gasteiger partial charge on any atom is 0.573 e. The van der Waals surface area contributed by atoms with E-state index in [2.05, 4.69) is 23.9 Å². The monoisotopic (exact) mass is 273 g/mol. The standard InChI is InChI=1S/C14H18F3NO/c1-11(2)18-9-4-3-6-12-7-5-8-13(10-12)19-14(15,16)17/h3,5-8,10-11,18H,4,9H2,1-2H3. The lowest BCUT2D eigenvalue weighted by Gasteiger charge is -2.08. The molecule has 0 atom stereocenters. The summed E-state index contributed by atoms with van der Waals surface area (Å²) in [6.45, 7) is 4.95. The highest BCUT2D eigenvalue weighted by atomic mass is 19.4. The van der Waals surface area contributed by atoms with Gasteiger partial charge in [0.15, 0.2) is 0 Å². The Bertz CT molecular complexity index is 413. The van der Waals surface area contributed by atoms with Crippen LogP contribution in [0.2, 0.25) is 0 Å². The van der Waals surface area contributed by atoms with Crippen LogP contribution in [0.15, 0.2) is 30.3 Å². The van der Waals surface area contributed by atoms with Crippen LogP contribution in [0.1, 0.15) is 25.8 Å². The van der Waals surface area contributed by atoms with Gasteiger partial charge >= 0.3 is 6.36 Å². The summed E-state index contributed by atoms with van der Waals surface area (Å²) in [5.74, 6) is -0.199. The molecule has 0 bridgehead atoms. The van der Waals surface area contributed by atoms with Crippen molar-refractivity contribution in [2.45, 2.75) is 32.7 Å². The van der Waals surface area contributed by atoms with E-state index >= 15 is 0 Å². The average Bonchev–Trinajstić information content (AvgIpc) is 2.26. The van der Waals surface area contributed by atoms with E-state index in [0.717, 1.165) is 13.0 Å². The van der Waals surface area contributed by atoms with Crippen molar-refractivity contribution in [3.63, 3.8) is 0 Å². The smallest absolute Gasteiger partial charge is 0.406 e. The van der Waals surface area contributed by atoms with Gasteiger partial charge in [0.25, 0.3) is 0 Å². The minimum absolute atomic E-state index is 0.199. The third-order valence-electron chi connectivity index (χ3n) is 2.27. The zero-order valence-corrected chi connectivity index (χ0v) is 11.0. The first-order valence-corrected chi connectivity index (χ1v) is 6.12. The van der Waals surface area contributed by atoms with Crippen molar-refractivity contribution in [1.82, 2.24) is 5.32 Å². The van der Waals surface area contributed by atoms with Crippen LogP contribution in [0.25, 0.3) is 6.08 Å². The number of hydrogen-bond acceptors (Lipinski definition) is 2. The first-order valence-electron chi connectivity index (χ1n) is 6.12. The zero-order chi connectivity index (χ0) is 14.3. The average molecular weight is 273 g/mol. The summed E-state index contributed by atoms with van der Waals surface area (Å²) < 4.78 is 40.0. The molecule has 1 aromatic rings. The highest BCUT2D eigenvalue weighted by Gasteiger charge is 2.30. The van der Waals surface area contributed by atoms with E-state index in [0.29, 0.717) is 11.6 Å². The van der Waals surface area contributed by atoms with Crippen LogP contribution in [0.4, 0.5) is 13.2 Å². The third-order valence-corrected chi connectivity index (χ3v) is 2.27. The van der Waals surface area contributed by atoms with Crippen LogP contribution in [-0.4, -0.2) is 18.9 Å². The largest absolute Gasteiger partial charge is 0.573 e. The third kappa shape index (κ3) is 7.51. The molecule has 0 fully saturated rings. The molecule has 0 aliphatic rings. The van der Waals surface area contributed by atoms with Crippen molar-refractivity contribution in [3.8, 4) is 5.75 Å². The molecule has 5 heteroatoms. The first-order chi connectivity index (χ1) is 8.87. The van der Waals surface area contributed by atoms with Crippen molar-refractivity contribution in [2.75, 3.05) is 6.54 Å². The molecule has 1 N–H and O–H groups in total. The van der Waals surface area contributed by atoms with Crippen molar-refractivity contribution >= 4 is 6.08 Å². The van der Waals surface area contributed by atoms with E-state index in [1.54, 1.807) is 12.1 Å². The molecule has 0 unspecified atom stereocenters. The molecule has 0 radical (unpaired) electrons. The summed E-state index contributed by atoms with van der Waals surface area (Å²) in [6, 6.07) is 6.34. The first kappa shape index (κ1) is 15.6. The van der Waals surface area contributed by atoms with Crippen molar-refractivity contribution in [3.05, 3.63) is 35.9 Å². The normalized spacial score (nSPS) is 12.3. The number of halogens is 3. The Labute approximate surface area is 111 Å². The molecule has 0 aliphatic heterocycles. The maximum atomic E-state index is 12.1. The zero-order valence-electron chi connectivity index (χ0n) is 11.0. The number of nitrogens with one attached hydrogen (secondary N) is 1. The van der Waals surface area contributed by atoms with Crippen molar-refractivity contribution in [1.29, 1.82) is 0 Å². The van der Waals surface area contributed by atoms with Crippen LogP contribution >= 0.6 is 0 Å². The quantitative estimate of drug-likeness (QED) is 0.791. The predicted molar refractivity (Wildman–Crippen MR) is 69.9 cm³/mol. The van der Waals surface area contributed by atoms with Crippen LogP contribution in [-0.2, 0) is 0 Å². The second-order valence-corrected chi connectivity index (χ2v) is 4.42. The van der Waals surface area contributed by atoms with Gasteiger partial charge in [0.1, 0.15) is 5.75 Å². The second kappa shape index (κ2) is 7.19. The van der Waals surface area contributed by atoms with E-state index in [1.165, 1.54) is 18.2 Å². The highest BCUT2D eigenvalue weighted by molar-refractivity contribution is 5.51. The molecule has 1 rings (SSSR count). The molecule has 106 valence electrons. The summed E-state index contributed by atoms with van der Waals surface area (Å²) in [6.07, 6.45) is -0.126. The van der Waals surface area contributed by atoms with Gasteiger partial charge in [0.2, 0.25) is 0 Å². The molecule has 0 aromatic heterocycles. The number of ether oxygens (including phenoxy) is 1. The molecule has 0 amide bonds. The molecule has 0 spiro atoms. The number of hydrogen-bond donors (Lipinski definition) is 1. The minimum Gasteiger partial charge on any atom is -0.406 e. The lowest BCUT2D eigenvalue weighted by Crippen LogP contribution is -2.23. The van der Waals surface area contributed by atoms with Gasteiger partial charge in [-0.2, -0.15) is 0 Å². The molecular weight excluding hydrogens is 255 g/mol. The van der Waals surface area contributed by atoms with Gasteiger partial charge in [-0.1, -0.05) is 38.1 Å². The molecule has 1 aromatic carbocycles. The van der Waals surface area contributed by atoms with E-state index in [-0.39, 0.29) is 5.75 Å². The van der Waals surface area contributed by atoms with Crippen molar-refractivity contribution < 1.29 is 17.9 Å². The van der Waals surface area contributed by atoms with Crippen molar-refractivity contribution in [2.24, 2.45) is 0 Å². The van der Waals surface area contributed by atoms with E-state index in [1.807, 2.05) is 6.08 Å². The topological polar surface area (TPSA) is 21.3 Å². The van der Waals surface area contributed by atoms with Gasteiger partial charge in [0, 0.05) is 6.04 Å². The lowest BCUT2D eigenvalue weighted by molar-refractivity contribution is -0.274. The van der Waals surface area contributed by atoms with Crippen LogP contribution < -0.4 is 10.1 Å². The number of alkyl halides is 3. The number of benzene rings is 1. The molecule has 0 aliphatic carbocycles. The van der Waals surface area contributed by atoms with Gasteiger partial charge in [-0.25, -0.2) is 0 Å². The van der Waals surface area contributed by atoms with Gasteiger partial charge in [-0.05, 0) is 30.7 Å². The second-order valence-electron chi connectivity index (χ2n) is 4.42. The lowest BCUT2D eigenvalue weighted by atomic mass is 10.2. The molecule has 2 nitrogen and oxygen atoms in total. The van der Waals surface area contributed by atoms with Gasteiger partial charge < -0.3 is 10.1 Å². The fourth-order valence-electron chi connectivity index (χ4n) is 1.49. The van der Waals surface area contributed by atoms with Gasteiger partial charge in [-0.15, -0.1) is 13.2 Å². The SMILES string of the molecule is CC(C)NCCC=Cc1cccc(OC(F)(F)F)c1. The Hall–Kier alpha value is -1.49. The Balaban J connectivity index is 2.50. The summed E-state index contributed by atoms with van der Waals surface area (Å²) >= 11 is 0. The number of rotatable bonds is 6. The fraction of sp³-hybridized carbons (Fsp3) is 0.429. The van der Waals surface area contributed by atoms with Crippen LogP contribution in [0.5, 0.6) is 5.75 Å². The Morgan fingerprint density at radius 3 is 2.68 bits per heavy atom. The summed E-state index contributed by atoms with van der Waals surface area (Å²) in [7, 11) is 0. The summed E-state index contributed by atoms with van der Waals surface area (Å²) in [4.78, 5) is 0. The Morgan fingerprint density at radius 1 is 1.32 bits per heavy atom. The predicted octanol–water partition coefficient (Wildman–Crippen LogP) is 3.99. The molecule has 0 saturated carbocycles. The molecule has 0 saturated heterocycles. The molecule has 0 heterocycles. The Kier molecular flexibility index (Phi) is 5.89. The van der Waals surface area contributed by atoms with E-state index in [4.69, 9.17) is 0 Å². The van der Waals surface area contributed by atoms with Crippen LogP contribution in [0.3, 0.4) is 0 Å². The molecule has 19 heavy (non-hydrogen) atoms. The van der Waals surface area contributed by atoms with Gasteiger partial charge in [0.05, 0.1) is 0 Å². The van der Waals surface area contributed by atoms with Gasteiger partial charge in [-0.3, -0.25) is 0 Å². The van der Waals surface area contributed by atoms with E-state index < -0.39 is 6.36 Å².